The maximum absolute atomic E-state index is 12.7. The number of hydrogen-bond acceptors (Lipinski definition) is 8. The number of ether oxygens (including phenoxy) is 1. The zero-order valence-corrected chi connectivity index (χ0v) is 23.6. The second kappa shape index (κ2) is 12.0. The quantitative estimate of drug-likeness (QED) is 0.348. The van der Waals surface area contributed by atoms with E-state index in [1.165, 1.54) is 37.4 Å². The molecule has 0 bridgehead atoms. The van der Waals surface area contributed by atoms with Crippen LogP contribution in [0.4, 0.5) is 17.3 Å². The minimum atomic E-state index is -3.93. The van der Waals surface area contributed by atoms with Gasteiger partial charge in [0, 0.05) is 30.0 Å². The van der Waals surface area contributed by atoms with Gasteiger partial charge in [-0.05, 0) is 68.8 Å². The number of aryl methyl sites for hydroxylation is 2. The molecular formula is C24H28ClN5O6S2. The number of aromatic nitrogens is 2. The highest BCUT2D eigenvalue weighted by Crippen LogP contribution is 2.30. The minimum absolute atomic E-state index is 0.0276. The van der Waals surface area contributed by atoms with Crippen LogP contribution in [0.3, 0.4) is 0 Å². The van der Waals surface area contributed by atoms with E-state index in [4.69, 9.17) is 16.3 Å². The number of carbonyl (C=O) groups is 1. The summed E-state index contributed by atoms with van der Waals surface area (Å²) in [5, 5.41) is 2.94. The molecule has 3 aromatic rings. The summed E-state index contributed by atoms with van der Waals surface area (Å²) in [5.74, 6) is 0.0277. The standard InChI is InChI=1S/C24H28ClN5O6S2/c1-16-14-17(2)27-24(26-16)29-38(34,35)20-10-7-18(8-11-20)28-23(31)6-5-13-30(37(4,32)33)19-9-12-22(36-3)21(25)15-19/h7-12,14-15H,5-6,13H2,1-4H3,(H,28,31)(H,26,27,29). The van der Waals surface area contributed by atoms with Crippen LogP contribution in [-0.4, -0.2) is 52.6 Å². The Morgan fingerprint density at radius 2 is 1.63 bits per heavy atom. The lowest BCUT2D eigenvalue weighted by atomic mass is 10.2. The van der Waals surface area contributed by atoms with Gasteiger partial charge >= 0.3 is 0 Å². The molecule has 0 radical (unpaired) electrons. The third-order valence-electron chi connectivity index (χ3n) is 5.25. The van der Waals surface area contributed by atoms with E-state index in [-0.39, 0.29) is 41.2 Å². The zero-order chi connectivity index (χ0) is 28.1. The summed E-state index contributed by atoms with van der Waals surface area (Å²) in [4.78, 5) is 20.6. The van der Waals surface area contributed by atoms with Crippen LogP contribution >= 0.6 is 11.6 Å². The Balaban J connectivity index is 1.59. The molecule has 2 N–H and O–H groups in total. The Morgan fingerprint density at radius 3 is 2.18 bits per heavy atom. The molecule has 0 aliphatic heterocycles. The molecule has 2 aromatic carbocycles. The summed E-state index contributed by atoms with van der Waals surface area (Å²) in [6, 6.07) is 12.0. The predicted octanol–water partition coefficient (Wildman–Crippen LogP) is 3.74. The number of benzene rings is 2. The zero-order valence-electron chi connectivity index (χ0n) is 21.2. The minimum Gasteiger partial charge on any atom is -0.495 e. The molecule has 0 saturated carbocycles. The van der Waals surface area contributed by atoms with Crippen LogP contribution in [0.15, 0.2) is 53.4 Å². The van der Waals surface area contributed by atoms with E-state index >= 15 is 0 Å². The molecule has 1 heterocycles. The number of nitrogens with one attached hydrogen (secondary N) is 2. The van der Waals surface area contributed by atoms with E-state index in [0.717, 1.165) is 10.6 Å². The number of sulfonamides is 2. The molecule has 204 valence electrons. The second-order valence-electron chi connectivity index (χ2n) is 8.41. The maximum atomic E-state index is 12.7. The lowest BCUT2D eigenvalue weighted by molar-refractivity contribution is -0.116. The molecule has 11 nitrogen and oxygen atoms in total. The van der Waals surface area contributed by atoms with Gasteiger partial charge in [0.2, 0.25) is 21.9 Å². The first-order chi connectivity index (χ1) is 17.8. The highest BCUT2D eigenvalue weighted by molar-refractivity contribution is 7.92. The summed E-state index contributed by atoms with van der Waals surface area (Å²) in [5.41, 5.74) is 2.00. The van der Waals surface area contributed by atoms with Crippen molar-refractivity contribution < 1.29 is 26.4 Å². The van der Waals surface area contributed by atoms with E-state index in [1.54, 1.807) is 32.0 Å². The first-order valence-electron chi connectivity index (χ1n) is 11.3. The van der Waals surface area contributed by atoms with Crippen molar-refractivity contribution in [2.45, 2.75) is 31.6 Å². The molecule has 1 amide bonds. The van der Waals surface area contributed by atoms with Crippen molar-refractivity contribution >= 4 is 54.9 Å². The van der Waals surface area contributed by atoms with E-state index in [0.29, 0.717) is 28.5 Å². The summed E-state index contributed by atoms with van der Waals surface area (Å²) in [6.07, 6.45) is 1.33. The topological polar surface area (TPSA) is 148 Å². The SMILES string of the molecule is COc1ccc(N(CCCC(=O)Nc2ccc(S(=O)(=O)Nc3nc(C)cc(C)n3)cc2)S(C)(=O)=O)cc1Cl. The number of hydrogen-bond donors (Lipinski definition) is 2. The molecule has 0 spiro atoms. The number of amides is 1. The molecule has 38 heavy (non-hydrogen) atoms. The van der Waals surface area contributed by atoms with Crippen molar-refractivity contribution in [2.24, 2.45) is 0 Å². The Morgan fingerprint density at radius 1 is 1.00 bits per heavy atom. The third kappa shape index (κ3) is 7.79. The van der Waals surface area contributed by atoms with Crippen molar-refractivity contribution in [2.75, 3.05) is 34.3 Å². The van der Waals surface area contributed by atoms with Gasteiger partial charge in [0.15, 0.2) is 0 Å². The van der Waals surface area contributed by atoms with Gasteiger partial charge in [-0.15, -0.1) is 0 Å². The first-order valence-corrected chi connectivity index (χ1v) is 15.1. The fraction of sp³-hybridized carbons (Fsp3) is 0.292. The van der Waals surface area contributed by atoms with Crippen molar-refractivity contribution in [3.63, 3.8) is 0 Å². The summed E-state index contributed by atoms with van der Waals surface area (Å²) in [7, 11) is -6.10. The number of halogens is 1. The van der Waals surface area contributed by atoms with Crippen molar-refractivity contribution in [1.29, 1.82) is 0 Å². The normalized spacial score (nSPS) is 11.6. The van der Waals surface area contributed by atoms with E-state index < -0.39 is 20.0 Å². The number of methoxy groups -OCH3 is 1. The Kier molecular flexibility index (Phi) is 9.18. The summed E-state index contributed by atoms with van der Waals surface area (Å²) >= 11 is 6.13. The molecular weight excluding hydrogens is 554 g/mol. The lowest BCUT2D eigenvalue weighted by Gasteiger charge is -2.23. The highest BCUT2D eigenvalue weighted by atomic mass is 35.5. The van der Waals surface area contributed by atoms with Crippen LogP contribution in [0.5, 0.6) is 5.75 Å². The van der Waals surface area contributed by atoms with E-state index in [1.807, 2.05) is 0 Å². The molecule has 0 aliphatic carbocycles. The Labute approximate surface area is 227 Å². The fourth-order valence-electron chi connectivity index (χ4n) is 3.57. The third-order valence-corrected chi connectivity index (χ3v) is 8.08. The average Bonchev–Trinajstić information content (AvgIpc) is 2.80. The Hall–Kier alpha value is -3.42. The van der Waals surface area contributed by atoms with Crippen LogP contribution in [-0.2, 0) is 24.8 Å². The van der Waals surface area contributed by atoms with Gasteiger partial charge in [-0.2, -0.15) is 0 Å². The first kappa shape index (κ1) is 29.1. The monoisotopic (exact) mass is 581 g/mol. The molecule has 14 heteroatoms. The number of carbonyl (C=O) groups excluding carboxylic acids is 1. The van der Waals surface area contributed by atoms with Crippen molar-refractivity contribution in [1.82, 2.24) is 9.97 Å². The summed E-state index contributed by atoms with van der Waals surface area (Å²) < 4.78 is 58.6. The van der Waals surface area contributed by atoms with Crippen LogP contribution in [0.2, 0.25) is 5.02 Å². The van der Waals surface area contributed by atoms with Crippen molar-refractivity contribution in [3.05, 3.63) is 64.9 Å². The van der Waals surface area contributed by atoms with Gasteiger partial charge in [-0.25, -0.2) is 31.5 Å². The molecule has 0 saturated heterocycles. The van der Waals surface area contributed by atoms with Gasteiger partial charge in [0.1, 0.15) is 5.75 Å². The molecule has 0 fully saturated rings. The van der Waals surface area contributed by atoms with Gasteiger partial charge < -0.3 is 10.1 Å². The van der Waals surface area contributed by atoms with Crippen LogP contribution in [0, 0.1) is 13.8 Å². The van der Waals surface area contributed by atoms with E-state index in [2.05, 4.69) is 20.0 Å². The average molecular weight is 582 g/mol. The van der Waals surface area contributed by atoms with Crippen LogP contribution in [0.25, 0.3) is 0 Å². The fourth-order valence-corrected chi connectivity index (χ4v) is 5.72. The molecule has 3 rings (SSSR count). The maximum Gasteiger partial charge on any atom is 0.264 e. The Bertz CT molecular complexity index is 1510. The van der Waals surface area contributed by atoms with Gasteiger partial charge in [0.05, 0.1) is 29.0 Å². The largest absolute Gasteiger partial charge is 0.495 e. The van der Waals surface area contributed by atoms with Gasteiger partial charge in [0.25, 0.3) is 10.0 Å². The van der Waals surface area contributed by atoms with Crippen LogP contribution < -0.4 is 19.1 Å². The van der Waals surface area contributed by atoms with Crippen molar-refractivity contribution in [3.8, 4) is 5.75 Å². The smallest absolute Gasteiger partial charge is 0.264 e. The highest BCUT2D eigenvalue weighted by Gasteiger charge is 2.20. The van der Waals surface area contributed by atoms with Gasteiger partial charge in [-0.3, -0.25) is 9.10 Å². The number of rotatable bonds is 11. The molecule has 0 atom stereocenters. The second-order valence-corrected chi connectivity index (χ2v) is 12.4. The van der Waals surface area contributed by atoms with Crippen LogP contribution in [0.1, 0.15) is 24.2 Å². The summed E-state index contributed by atoms with van der Waals surface area (Å²) in [6.45, 7) is 3.52. The molecule has 0 unspecified atom stereocenters. The molecule has 1 aromatic heterocycles. The predicted molar refractivity (Wildman–Crippen MR) is 147 cm³/mol. The molecule has 0 aliphatic rings. The number of nitrogens with zero attached hydrogens (tertiary/aromatic N) is 3. The lowest BCUT2D eigenvalue weighted by Crippen LogP contribution is -2.31. The number of anilines is 3. The van der Waals surface area contributed by atoms with E-state index in [9.17, 15) is 21.6 Å². The van der Waals surface area contributed by atoms with Gasteiger partial charge in [-0.1, -0.05) is 11.6 Å².